The molecule has 0 atom stereocenters. The molecule has 2 aromatic heterocycles. The van der Waals surface area contributed by atoms with E-state index >= 15 is 0 Å². The minimum absolute atomic E-state index is 0.120. The Labute approximate surface area is 180 Å². The predicted molar refractivity (Wildman–Crippen MR) is 122 cm³/mol. The van der Waals surface area contributed by atoms with Gasteiger partial charge in [-0.2, -0.15) is 0 Å². The Hall–Kier alpha value is -2.80. The number of hydrogen-bond acceptors (Lipinski definition) is 4. The van der Waals surface area contributed by atoms with E-state index in [2.05, 4.69) is 71.1 Å². The molecule has 2 heterocycles. The molecular weight excluding hydrogens is 394 g/mol. The van der Waals surface area contributed by atoms with Gasteiger partial charge in [0.25, 0.3) is 0 Å². The fraction of sp³-hybridized carbons (Fsp3) is 0.348. The number of hydrogen-bond donors (Lipinski definition) is 0. The predicted octanol–water partition coefficient (Wildman–Crippen LogP) is 4.47. The standard InChI is InChI=1S/C23H27N5OS/c1-16(2)27(17(3)4)21(29)15-30-23-25-24-22-26(14-18-10-6-5-7-11-18)19-12-8-9-13-20(19)28(22)23/h5-13,16-17H,14-15H2,1-4H3. The number of benzene rings is 2. The molecular formula is C23H27N5OS. The monoisotopic (exact) mass is 421 g/mol. The van der Waals surface area contributed by atoms with Crippen molar-refractivity contribution in [2.45, 2.75) is 51.5 Å². The molecule has 7 heteroatoms. The zero-order chi connectivity index (χ0) is 21.3. The molecule has 0 spiro atoms. The van der Waals surface area contributed by atoms with E-state index in [-0.39, 0.29) is 18.0 Å². The lowest BCUT2D eigenvalue weighted by Crippen LogP contribution is -2.43. The Morgan fingerprint density at radius 2 is 1.57 bits per heavy atom. The molecule has 2 aromatic carbocycles. The van der Waals surface area contributed by atoms with Crippen LogP contribution in [-0.2, 0) is 11.3 Å². The molecule has 0 bridgehead atoms. The van der Waals surface area contributed by atoms with Gasteiger partial charge in [-0.25, -0.2) is 0 Å². The number of amides is 1. The van der Waals surface area contributed by atoms with Gasteiger partial charge in [-0.3, -0.25) is 9.20 Å². The Morgan fingerprint density at radius 3 is 2.23 bits per heavy atom. The first-order valence-corrected chi connectivity index (χ1v) is 11.3. The average molecular weight is 422 g/mol. The largest absolute Gasteiger partial charge is 0.337 e. The van der Waals surface area contributed by atoms with Crippen LogP contribution in [0.2, 0.25) is 0 Å². The van der Waals surface area contributed by atoms with Gasteiger partial charge in [-0.1, -0.05) is 54.2 Å². The van der Waals surface area contributed by atoms with Gasteiger partial charge in [0.15, 0.2) is 5.16 Å². The minimum Gasteiger partial charge on any atom is -0.337 e. The van der Waals surface area contributed by atoms with E-state index in [4.69, 9.17) is 0 Å². The molecule has 6 nitrogen and oxygen atoms in total. The second kappa shape index (κ2) is 8.52. The van der Waals surface area contributed by atoms with Gasteiger partial charge in [0.05, 0.1) is 23.3 Å². The Bertz CT molecular complexity index is 1150. The van der Waals surface area contributed by atoms with Crippen molar-refractivity contribution >= 4 is 34.5 Å². The zero-order valence-electron chi connectivity index (χ0n) is 17.8. The lowest BCUT2D eigenvalue weighted by atomic mass is 10.2. The van der Waals surface area contributed by atoms with Crippen LogP contribution >= 0.6 is 11.8 Å². The van der Waals surface area contributed by atoms with Crippen LogP contribution in [0.15, 0.2) is 59.8 Å². The summed E-state index contributed by atoms with van der Waals surface area (Å²) < 4.78 is 4.24. The van der Waals surface area contributed by atoms with E-state index in [9.17, 15) is 4.79 Å². The third kappa shape index (κ3) is 3.81. The lowest BCUT2D eigenvalue weighted by Gasteiger charge is -2.30. The lowest BCUT2D eigenvalue weighted by molar-refractivity contribution is -0.131. The van der Waals surface area contributed by atoms with Gasteiger partial charge in [-0.05, 0) is 45.4 Å². The number of fused-ring (bicyclic) bond motifs is 3. The van der Waals surface area contributed by atoms with Crippen LogP contribution in [-0.4, -0.2) is 47.8 Å². The molecule has 0 aliphatic rings. The van der Waals surface area contributed by atoms with Crippen LogP contribution in [0.25, 0.3) is 16.8 Å². The summed E-state index contributed by atoms with van der Waals surface area (Å²) in [5.41, 5.74) is 3.36. The van der Waals surface area contributed by atoms with E-state index in [1.807, 2.05) is 35.2 Å². The zero-order valence-corrected chi connectivity index (χ0v) is 18.6. The summed E-state index contributed by atoms with van der Waals surface area (Å²) in [6, 6.07) is 18.9. The summed E-state index contributed by atoms with van der Waals surface area (Å²) in [4.78, 5) is 14.7. The van der Waals surface area contributed by atoms with Crippen LogP contribution in [0.1, 0.15) is 33.3 Å². The molecule has 0 N–H and O–H groups in total. The van der Waals surface area contributed by atoms with Gasteiger partial charge in [0.1, 0.15) is 0 Å². The highest BCUT2D eigenvalue weighted by molar-refractivity contribution is 7.99. The Morgan fingerprint density at radius 1 is 0.933 bits per heavy atom. The maximum Gasteiger partial charge on any atom is 0.237 e. The van der Waals surface area contributed by atoms with Crippen molar-refractivity contribution in [3.8, 4) is 0 Å². The Kier molecular flexibility index (Phi) is 5.81. The second-order valence-electron chi connectivity index (χ2n) is 7.96. The maximum atomic E-state index is 12.8. The first-order valence-electron chi connectivity index (χ1n) is 10.3. The molecule has 0 radical (unpaired) electrons. The van der Waals surface area contributed by atoms with Crippen molar-refractivity contribution in [1.82, 2.24) is 24.1 Å². The van der Waals surface area contributed by atoms with Crippen molar-refractivity contribution in [2.75, 3.05) is 5.75 Å². The SMILES string of the molecule is CC(C)N(C(=O)CSc1nnc2n(Cc3ccccc3)c3ccccc3n12)C(C)C. The first-order chi connectivity index (χ1) is 14.5. The topological polar surface area (TPSA) is 55.4 Å². The van der Waals surface area contributed by atoms with Crippen molar-refractivity contribution in [2.24, 2.45) is 0 Å². The van der Waals surface area contributed by atoms with E-state index in [0.29, 0.717) is 12.3 Å². The van der Waals surface area contributed by atoms with Crippen molar-refractivity contribution in [3.63, 3.8) is 0 Å². The van der Waals surface area contributed by atoms with Gasteiger partial charge >= 0.3 is 0 Å². The van der Waals surface area contributed by atoms with Crippen LogP contribution in [0.5, 0.6) is 0 Å². The van der Waals surface area contributed by atoms with E-state index in [1.54, 1.807) is 0 Å². The number of aromatic nitrogens is 4. The summed E-state index contributed by atoms with van der Waals surface area (Å²) in [5.74, 6) is 1.25. The normalized spacial score (nSPS) is 11.8. The highest BCUT2D eigenvalue weighted by Crippen LogP contribution is 2.27. The molecule has 4 aromatic rings. The molecule has 0 saturated carbocycles. The van der Waals surface area contributed by atoms with Gasteiger partial charge in [-0.15, -0.1) is 10.2 Å². The summed E-state index contributed by atoms with van der Waals surface area (Å²) >= 11 is 1.45. The number of carbonyl (C=O) groups is 1. The number of thioether (sulfide) groups is 1. The quantitative estimate of drug-likeness (QED) is 0.413. The fourth-order valence-electron chi connectivity index (χ4n) is 4.03. The third-order valence-corrected chi connectivity index (χ3v) is 6.09. The molecule has 0 aliphatic heterocycles. The maximum absolute atomic E-state index is 12.8. The van der Waals surface area contributed by atoms with Crippen LogP contribution in [0.3, 0.4) is 0 Å². The number of carbonyl (C=O) groups excluding carboxylic acids is 1. The van der Waals surface area contributed by atoms with Gasteiger partial charge in [0, 0.05) is 12.1 Å². The van der Waals surface area contributed by atoms with Crippen LogP contribution in [0, 0.1) is 0 Å². The molecule has 4 rings (SSSR count). The van der Waals surface area contributed by atoms with Crippen LogP contribution < -0.4 is 0 Å². The summed E-state index contributed by atoms with van der Waals surface area (Å²) in [6.07, 6.45) is 0. The molecule has 1 amide bonds. The molecule has 0 unspecified atom stereocenters. The van der Waals surface area contributed by atoms with Crippen molar-refractivity contribution in [3.05, 3.63) is 60.2 Å². The fourth-order valence-corrected chi connectivity index (χ4v) is 4.83. The molecule has 0 fully saturated rings. The molecule has 0 aliphatic carbocycles. The van der Waals surface area contributed by atoms with Gasteiger partial charge in [0.2, 0.25) is 11.7 Å². The average Bonchev–Trinajstić information content (AvgIpc) is 3.26. The third-order valence-electron chi connectivity index (χ3n) is 5.18. The summed E-state index contributed by atoms with van der Waals surface area (Å²) in [5, 5.41) is 9.63. The molecule has 0 saturated heterocycles. The molecule has 30 heavy (non-hydrogen) atoms. The first kappa shape index (κ1) is 20.5. The Balaban J connectivity index is 1.68. The summed E-state index contributed by atoms with van der Waals surface area (Å²) in [6.45, 7) is 8.92. The van der Waals surface area contributed by atoms with Crippen molar-refractivity contribution in [1.29, 1.82) is 0 Å². The highest BCUT2D eigenvalue weighted by atomic mass is 32.2. The number of nitrogens with zero attached hydrogens (tertiary/aromatic N) is 5. The highest BCUT2D eigenvalue weighted by Gasteiger charge is 2.22. The minimum atomic E-state index is 0.120. The van der Waals surface area contributed by atoms with Crippen LogP contribution in [0.4, 0.5) is 0 Å². The smallest absolute Gasteiger partial charge is 0.237 e. The number of rotatable bonds is 7. The number of para-hydroxylation sites is 2. The molecule has 156 valence electrons. The van der Waals surface area contributed by atoms with Crippen molar-refractivity contribution < 1.29 is 4.79 Å². The second-order valence-corrected chi connectivity index (χ2v) is 8.90. The van der Waals surface area contributed by atoms with E-state index < -0.39 is 0 Å². The van der Waals surface area contributed by atoms with Gasteiger partial charge < -0.3 is 9.47 Å². The van der Waals surface area contributed by atoms with E-state index in [1.165, 1.54) is 17.3 Å². The van der Waals surface area contributed by atoms with E-state index in [0.717, 1.165) is 22.0 Å². The number of imidazole rings is 1. The summed E-state index contributed by atoms with van der Waals surface area (Å²) in [7, 11) is 0.